The second-order valence-corrected chi connectivity index (χ2v) is 4.64. The van der Waals surface area contributed by atoms with E-state index in [0.29, 0.717) is 24.6 Å². The largest absolute Gasteiger partial charge is 0.478 e. The third-order valence-corrected chi connectivity index (χ3v) is 2.93. The predicted octanol–water partition coefficient (Wildman–Crippen LogP) is 2.24. The number of anilines is 1. The first-order valence-corrected chi connectivity index (χ1v) is 6.61. The summed E-state index contributed by atoms with van der Waals surface area (Å²) in [5.41, 5.74) is 0. The van der Waals surface area contributed by atoms with E-state index < -0.39 is 0 Å². The van der Waals surface area contributed by atoms with Gasteiger partial charge in [-0.25, -0.2) is 9.97 Å². The molecule has 2 heterocycles. The molecular formula is C13H21N3O2. The normalized spacial score (nSPS) is 23.7. The molecule has 100 valence electrons. The highest BCUT2D eigenvalue weighted by molar-refractivity contribution is 5.38. The van der Waals surface area contributed by atoms with E-state index in [-0.39, 0.29) is 0 Å². The Kier molecular flexibility index (Phi) is 4.75. The van der Waals surface area contributed by atoms with Crippen LogP contribution in [-0.2, 0) is 4.74 Å². The van der Waals surface area contributed by atoms with Gasteiger partial charge in [0.25, 0.3) is 0 Å². The first-order valence-electron chi connectivity index (χ1n) is 6.61. The fourth-order valence-corrected chi connectivity index (χ4v) is 2.04. The molecule has 1 aliphatic rings. The number of nitrogens with one attached hydrogen (secondary N) is 1. The number of aromatic nitrogens is 2. The highest BCUT2D eigenvalue weighted by atomic mass is 16.5. The minimum atomic E-state index is 0.314. The van der Waals surface area contributed by atoms with E-state index in [2.05, 4.69) is 29.1 Å². The van der Waals surface area contributed by atoms with Crippen LogP contribution < -0.4 is 10.1 Å². The number of nitrogens with zero attached hydrogens (tertiary/aromatic N) is 2. The van der Waals surface area contributed by atoms with E-state index >= 15 is 0 Å². The van der Waals surface area contributed by atoms with E-state index in [1.807, 2.05) is 6.07 Å². The van der Waals surface area contributed by atoms with Gasteiger partial charge in [0.15, 0.2) is 0 Å². The van der Waals surface area contributed by atoms with Crippen molar-refractivity contribution in [3.05, 3.63) is 12.4 Å². The minimum Gasteiger partial charge on any atom is -0.478 e. The molecule has 0 aromatic carbocycles. The van der Waals surface area contributed by atoms with Gasteiger partial charge < -0.3 is 14.8 Å². The summed E-state index contributed by atoms with van der Waals surface area (Å²) in [6.45, 7) is 5.67. The van der Waals surface area contributed by atoms with Crippen LogP contribution in [0.25, 0.3) is 0 Å². The molecule has 1 N–H and O–H groups in total. The molecule has 5 nitrogen and oxygen atoms in total. The second-order valence-electron chi connectivity index (χ2n) is 4.64. The molecule has 1 aromatic rings. The lowest BCUT2D eigenvalue weighted by atomic mass is 10.0. The van der Waals surface area contributed by atoms with E-state index in [1.54, 1.807) is 0 Å². The van der Waals surface area contributed by atoms with Gasteiger partial charge in [-0.15, -0.1) is 0 Å². The zero-order valence-electron chi connectivity index (χ0n) is 11.1. The highest BCUT2D eigenvalue weighted by Gasteiger charge is 2.19. The average Bonchev–Trinajstić information content (AvgIpc) is 2.37. The van der Waals surface area contributed by atoms with Crippen LogP contribution in [0, 0.1) is 0 Å². The SMILES string of the molecule is CCCOc1cc(NC2CCOC(C)C2)ncn1. The standard InChI is InChI=1S/C13H21N3O2/c1-3-5-18-13-8-12(14-9-15-13)16-11-4-6-17-10(2)7-11/h8-11H,3-7H2,1-2H3,(H,14,15,16). The van der Waals surface area contributed by atoms with Crippen LogP contribution in [0.1, 0.15) is 33.1 Å². The number of hydrogen-bond donors (Lipinski definition) is 1. The van der Waals surface area contributed by atoms with Crippen molar-refractivity contribution in [1.82, 2.24) is 9.97 Å². The number of rotatable bonds is 5. The zero-order chi connectivity index (χ0) is 12.8. The summed E-state index contributed by atoms with van der Waals surface area (Å²) < 4.78 is 11.0. The molecule has 0 radical (unpaired) electrons. The first kappa shape index (κ1) is 13.1. The van der Waals surface area contributed by atoms with Gasteiger partial charge in [0.05, 0.1) is 12.7 Å². The van der Waals surface area contributed by atoms with Crippen molar-refractivity contribution in [3.63, 3.8) is 0 Å². The quantitative estimate of drug-likeness (QED) is 0.869. The smallest absolute Gasteiger partial charge is 0.218 e. The molecule has 5 heteroatoms. The van der Waals surface area contributed by atoms with Gasteiger partial charge in [-0.1, -0.05) is 6.92 Å². The molecule has 1 fully saturated rings. The van der Waals surface area contributed by atoms with Crippen molar-refractivity contribution in [2.24, 2.45) is 0 Å². The lowest BCUT2D eigenvalue weighted by Gasteiger charge is -2.28. The molecule has 2 rings (SSSR count). The van der Waals surface area contributed by atoms with Crippen LogP contribution in [0.2, 0.25) is 0 Å². The summed E-state index contributed by atoms with van der Waals surface area (Å²) in [7, 11) is 0. The third-order valence-electron chi connectivity index (χ3n) is 2.93. The van der Waals surface area contributed by atoms with Gasteiger partial charge in [-0.3, -0.25) is 0 Å². The van der Waals surface area contributed by atoms with Crippen molar-refractivity contribution < 1.29 is 9.47 Å². The number of ether oxygens (including phenoxy) is 2. The zero-order valence-corrected chi connectivity index (χ0v) is 11.1. The molecule has 0 saturated carbocycles. The van der Waals surface area contributed by atoms with Gasteiger partial charge in [-0.2, -0.15) is 0 Å². The Balaban J connectivity index is 1.91. The van der Waals surface area contributed by atoms with Crippen LogP contribution in [-0.4, -0.2) is 35.3 Å². The van der Waals surface area contributed by atoms with Crippen molar-refractivity contribution in [1.29, 1.82) is 0 Å². The summed E-state index contributed by atoms with van der Waals surface area (Å²) in [4.78, 5) is 8.31. The monoisotopic (exact) mass is 251 g/mol. The molecule has 0 spiro atoms. The van der Waals surface area contributed by atoms with Crippen molar-refractivity contribution in [3.8, 4) is 5.88 Å². The van der Waals surface area contributed by atoms with E-state index in [9.17, 15) is 0 Å². The van der Waals surface area contributed by atoms with Crippen LogP contribution in [0.4, 0.5) is 5.82 Å². The maximum atomic E-state index is 5.53. The lowest BCUT2D eigenvalue weighted by molar-refractivity contribution is 0.0232. The Bertz CT molecular complexity index is 373. The Hall–Kier alpha value is -1.36. The maximum Gasteiger partial charge on any atom is 0.218 e. The molecule has 1 aromatic heterocycles. The second kappa shape index (κ2) is 6.54. The molecule has 0 aliphatic carbocycles. The molecule has 0 amide bonds. The van der Waals surface area contributed by atoms with Gasteiger partial charge >= 0.3 is 0 Å². The summed E-state index contributed by atoms with van der Waals surface area (Å²) in [6, 6.07) is 2.28. The first-order chi connectivity index (χ1) is 8.78. The van der Waals surface area contributed by atoms with Gasteiger partial charge in [0.1, 0.15) is 12.1 Å². The minimum absolute atomic E-state index is 0.314. The van der Waals surface area contributed by atoms with E-state index in [4.69, 9.17) is 9.47 Å². The van der Waals surface area contributed by atoms with Crippen molar-refractivity contribution in [2.45, 2.75) is 45.3 Å². The fourth-order valence-electron chi connectivity index (χ4n) is 2.04. The van der Waals surface area contributed by atoms with Crippen LogP contribution in [0.15, 0.2) is 12.4 Å². The van der Waals surface area contributed by atoms with Gasteiger partial charge in [-0.05, 0) is 26.2 Å². The Morgan fingerprint density at radius 1 is 1.50 bits per heavy atom. The summed E-state index contributed by atoms with van der Waals surface area (Å²) in [5, 5.41) is 3.42. The summed E-state index contributed by atoms with van der Waals surface area (Å²) >= 11 is 0. The summed E-state index contributed by atoms with van der Waals surface area (Å²) in [5.74, 6) is 1.46. The third kappa shape index (κ3) is 3.84. The highest BCUT2D eigenvalue weighted by Crippen LogP contribution is 2.19. The molecule has 2 atom stereocenters. The molecular weight excluding hydrogens is 230 g/mol. The Morgan fingerprint density at radius 3 is 3.17 bits per heavy atom. The molecule has 18 heavy (non-hydrogen) atoms. The fraction of sp³-hybridized carbons (Fsp3) is 0.692. The predicted molar refractivity (Wildman–Crippen MR) is 69.9 cm³/mol. The van der Waals surface area contributed by atoms with Crippen molar-refractivity contribution in [2.75, 3.05) is 18.5 Å². The average molecular weight is 251 g/mol. The van der Waals surface area contributed by atoms with Crippen LogP contribution in [0.3, 0.4) is 0 Å². The topological polar surface area (TPSA) is 56.3 Å². The van der Waals surface area contributed by atoms with Gasteiger partial charge in [0.2, 0.25) is 5.88 Å². The van der Waals surface area contributed by atoms with Crippen LogP contribution in [0.5, 0.6) is 5.88 Å². The maximum absolute atomic E-state index is 5.53. The van der Waals surface area contributed by atoms with E-state index in [1.165, 1.54) is 6.33 Å². The van der Waals surface area contributed by atoms with Gasteiger partial charge in [0, 0.05) is 18.7 Å². The van der Waals surface area contributed by atoms with Crippen LogP contribution >= 0.6 is 0 Å². The van der Waals surface area contributed by atoms with E-state index in [0.717, 1.165) is 31.7 Å². The lowest BCUT2D eigenvalue weighted by Crippen LogP contribution is -2.32. The van der Waals surface area contributed by atoms with Crippen molar-refractivity contribution >= 4 is 5.82 Å². The Morgan fingerprint density at radius 2 is 2.39 bits per heavy atom. The molecule has 1 saturated heterocycles. The molecule has 0 bridgehead atoms. The number of hydrogen-bond acceptors (Lipinski definition) is 5. The summed E-state index contributed by atoms with van der Waals surface area (Å²) in [6.07, 6.45) is 4.85. The Labute approximate surface area is 108 Å². The molecule has 2 unspecified atom stereocenters. The molecule has 1 aliphatic heterocycles.